The van der Waals surface area contributed by atoms with E-state index in [1.54, 1.807) is 34.1 Å². The molecule has 220 valence electrons. The Hall–Kier alpha value is -3.82. The second kappa shape index (κ2) is 15.1. The lowest BCUT2D eigenvalue weighted by molar-refractivity contribution is 0.0534. The van der Waals surface area contributed by atoms with E-state index in [1.165, 1.54) is 0 Å². The standard InChI is InChI=1S/C30H42N2O8/c1-7-35-23-17-21(18-24(36-8-2)27(23)39-11-5)29(33)31-13-15-32(16-14-31)30(34)22-19-25(37-9-3)28(40-12-6)26(20-22)38-10-4/h17-20H,7-16H2,1-6H3. The summed E-state index contributed by atoms with van der Waals surface area (Å²) < 4.78 is 34.6. The molecule has 2 aromatic carbocycles. The van der Waals surface area contributed by atoms with Gasteiger partial charge in [0.1, 0.15) is 0 Å². The third kappa shape index (κ3) is 7.22. The van der Waals surface area contributed by atoms with Gasteiger partial charge in [-0.3, -0.25) is 9.59 Å². The van der Waals surface area contributed by atoms with E-state index < -0.39 is 0 Å². The van der Waals surface area contributed by atoms with Gasteiger partial charge in [0.2, 0.25) is 11.5 Å². The summed E-state index contributed by atoms with van der Waals surface area (Å²) in [5.41, 5.74) is 0.897. The monoisotopic (exact) mass is 558 g/mol. The quantitative estimate of drug-likeness (QED) is 0.330. The molecule has 0 atom stereocenters. The number of ether oxygens (including phenoxy) is 6. The van der Waals surface area contributed by atoms with Crippen LogP contribution in [0.4, 0.5) is 0 Å². The summed E-state index contributed by atoms with van der Waals surface area (Å²) in [7, 11) is 0. The van der Waals surface area contributed by atoms with Gasteiger partial charge in [0.15, 0.2) is 23.0 Å². The Morgan fingerprint density at radius 2 is 0.750 bits per heavy atom. The molecule has 10 nitrogen and oxygen atoms in total. The van der Waals surface area contributed by atoms with Crippen LogP contribution in [-0.2, 0) is 0 Å². The van der Waals surface area contributed by atoms with Crippen LogP contribution >= 0.6 is 0 Å². The molecule has 2 amide bonds. The van der Waals surface area contributed by atoms with E-state index in [4.69, 9.17) is 28.4 Å². The van der Waals surface area contributed by atoms with Gasteiger partial charge in [-0.05, 0) is 65.8 Å². The molecule has 0 aliphatic carbocycles. The number of nitrogens with zero attached hydrogens (tertiary/aromatic N) is 2. The summed E-state index contributed by atoms with van der Waals surface area (Å²) in [5, 5.41) is 0. The Kier molecular flexibility index (Phi) is 11.6. The first-order valence-electron chi connectivity index (χ1n) is 14.1. The average Bonchev–Trinajstić information content (AvgIpc) is 2.96. The highest BCUT2D eigenvalue weighted by atomic mass is 16.5. The molecule has 0 unspecified atom stereocenters. The van der Waals surface area contributed by atoms with Crippen molar-refractivity contribution in [1.29, 1.82) is 0 Å². The summed E-state index contributed by atoms with van der Waals surface area (Å²) >= 11 is 0. The second-order valence-electron chi connectivity index (χ2n) is 8.79. The molecule has 40 heavy (non-hydrogen) atoms. The summed E-state index contributed by atoms with van der Waals surface area (Å²) in [6.07, 6.45) is 0. The maximum atomic E-state index is 13.5. The Morgan fingerprint density at radius 1 is 0.500 bits per heavy atom. The van der Waals surface area contributed by atoms with Gasteiger partial charge in [0, 0.05) is 37.3 Å². The summed E-state index contributed by atoms with van der Waals surface area (Å²) in [6.45, 7) is 15.4. The van der Waals surface area contributed by atoms with E-state index in [2.05, 4.69) is 0 Å². The molecule has 1 fully saturated rings. The first kappa shape index (κ1) is 30.7. The van der Waals surface area contributed by atoms with E-state index in [1.807, 2.05) is 41.5 Å². The fraction of sp³-hybridized carbons (Fsp3) is 0.533. The van der Waals surface area contributed by atoms with Crippen molar-refractivity contribution in [3.8, 4) is 34.5 Å². The lowest BCUT2D eigenvalue weighted by Crippen LogP contribution is -2.50. The van der Waals surface area contributed by atoms with Crippen molar-refractivity contribution in [3.63, 3.8) is 0 Å². The Bertz CT molecular complexity index is 1000. The molecule has 3 rings (SSSR count). The molecule has 0 spiro atoms. The number of benzene rings is 2. The number of hydrogen-bond donors (Lipinski definition) is 0. The molecule has 0 aromatic heterocycles. The number of rotatable bonds is 14. The maximum Gasteiger partial charge on any atom is 0.254 e. The third-order valence-corrected chi connectivity index (χ3v) is 6.17. The van der Waals surface area contributed by atoms with Crippen molar-refractivity contribution < 1.29 is 38.0 Å². The minimum Gasteiger partial charge on any atom is -0.490 e. The van der Waals surface area contributed by atoms with Gasteiger partial charge in [0.25, 0.3) is 11.8 Å². The number of carbonyl (C=O) groups is 2. The average molecular weight is 559 g/mol. The predicted molar refractivity (Wildman–Crippen MR) is 152 cm³/mol. The molecule has 0 N–H and O–H groups in total. The largest absolute Gasteiger partial charge is 0.490 e. The van der Waals surface area contributed by atoms with Crippen molar-refractivity contribution in [1.82, 2.24) is 9.80 Å². The van der Waals surface area contributed by atoms with E-state index in [-0.39, 0.29) is 11.8 Å². The number of piperazine rings is 1. The first-order valence-corrected chi connectivity index (χ1v) is 14.1. The molecule has 2 aromatic rings. The lowest BCUT2D eigenvalue weighted by Gasteiger charge is -2.35. The van der Waals surface area contributed by atoms with Crippen LogP contribution in [0.15, 0.2) is 24.3 Å². The van der Waals surface area contributed by atoms with Crippen LogP contribution in [-0.4, -0.2) is 87.4 Å². The predicted octanol–water partition coefficient (Wildman–Crippen LogP) is 4.68. The van der Waals surface area contributed by atoms with Gasteiger partial charge in [0.05, 0.1) is 39.6 Å². The third-order valence-electron chi connectivity index (χ3n) is 6.17. The zero-order valence-corrected chi connectivity index (χ0v) is 24.5. The highest BCUT2D eigenvalue weighted by Gasteiger charge is 2.29. The van der Waals surface area contributed by atoms with Gasteiger partial charge in [-0.25, -0.2) is 0 Å². The van der Waals surface area contributed by atoms with Gasteiger partial charge in [-0.1, -0.05) is 0 Å². The van der Waals surface area contributed by atoms with Crippen LogP contribution in [0.25, 0.3) is 0 Å². The second-order valence-corrected chi connectivity index (χ2v) is 8.79. The first-order chi connectivity index (χ1) is 19.4. The van der Waals surface area contributed by atoms with E-state index in [9.17, 15) is 9.59 Å². The molecular weight excluding hydrogens is 516 g/mol. The topological polar surface area (TPSA) is 96.0 Å². The number of hydrogen-bond acceptors (Lipinski definition) is 8. The SMILES string of the molecule is CCOc1cc(C(=O)N2CCN(C(=O)c3cc(OCC)c(OCC)c(OCC)c3)CC2)cc(OCC)c1OCC. The van der Waals surface area contributed by atoms with E-state index >= 15 is 0 Å². The van der Waals surface area contributed by atoms with E-state index in [0.717, 1.165) is 0 Å². The Balaban J connectivity index is 1.78. The molecule has 1 aliphatic heterocycles. The van der Waals surface area contributed by atoms with Crippen molar-refractivity contribution in [2.75, 3.05) is 65.8 Å². The molecule has 1 aliphatic rings. The van der Waals surface area contributed by atoms with Crippen molar-refractivity contribution in [2.45, 2.75) is 41.5 Å². The lowest BCUT2D eigenvalue weighted by atomic mass is 10.1. The van der Waals surface area contributed by atoms with Gasteiger partial charge in [-0.15, -0.1) is 0 Å². The summed E-state index contributed by atoms with van der Waals surface area (Å²) in [5.74, 6) is 2.55. The van der Waals surface area contributed by atoms with Gasteiger partial charge in [-0.2, -0.15) is 0 Å². The van der Waals surface area contributed by atoms with Crippen LogP contribution in [0.3, 0.4) is 0 Å². The molecule has 0 saturated carbocycles. The highest BCUT2D eigenvalue weighted by molar-refractivity contribution is 5.97. The van der Waals surface area contributed by atoms with Gasteiger partial charge >= 0.3 is 0 Å². The molecule has 0 radical (unpaired) electrons. The molecule has 1 heterocycles. The van der Waals surface area contributed by atoms with Crippen LogP contribution in [0.2, 0.25) is 0 Å². The minimum atomic E-state index is -0.157. The molecule has 10 heteroatoms. The van der Waals surface area contributed by atoms with Crippen LogP contribution in [0, 0.1) is 0 Å². The Labute approximate surface area is 237 Å². The zero-order valence-electron chi connectivity index (χ0n) is 24.5. The maximum absolute atomic E-state index is 13.5. The van der Waals surface area contributed by atoms with Crippen LogP contribution in [0.1, 0.15) is 62.3 Å². The van der Waals surface area contributed by atoms with Crippen LogP contribution in [0.5, 0.6) is 34.5 Å². The number of carbonyl (C=O) groups excluding carboxylic acids is 2. The zero-order chi connectivity index (χ0) is 29.1. The van der Waals surface area contributed by atoms with Crippen molar-refractivity contribution in [3.05, 3.63) is 35.4 Å². The Morgan fingerprint density at radius 3 is 0.975 bits per heavy atom. The molecular formula is C30H42N2O8. The summed E-state index contributed by atoms with van der Waals surface area (Å²) in [4.78, 5) is 30.4. The smallest absolute Gasteiger partial charge is 0.254 e. The molecule has 1 saturated heterocycles. The highest BCUT2D eigenvalue weighted by Crippen LogP contribution is 2.40. The normalized spacial score (nSPS) is 13.1. The van der Waals surface area contributed by atoms with Gasteiger partial charge < -0.3 is 38.2 Å². The van der Waals surface area contributed by atoms with Crippen molar-refractivity contribution >= 4 is 11.8 Å². The van der Waals surface area contributed by atoms with Crippen LogP contribution < -0.4 is 28.4 Å². The fourth-order valence-corrected chi connectivity index (χ4v) is 4.50. The fourth-order valence-electron chi connectivity index (χ4n) is 4.50. The summed E-state index contributed by atoms with van der Waals surface area (Å²) in [6, 6.07) is 6.78. The number of amides is 2. The van der Waals surface area contributed by atoms with Crippen molar-refractivity contribution in [2.24, 2.45) is 0 Å². The molecule has 0 bridgehead atoms. The minimum absolute atomic E-state index is 0.157. The van der Waals surface area contributed by atoms with E-state index in [0.29, 0.717) is 111 Å².